The molecule has 0 aliphatic rings. The van der Waals surface area contributed by atoms with Crippen LogP contribution in [0.5, 0.6) is 0 Å². The molecule has 0 aliphatic heterocycles. The molecule has 2 rings (SSSR count). The molecule has 2 N–H and O–H groups in total. The maximum atomic E-state index is 12.1. The van der Waals surface area contributed by atoms with E-state index >= 15 is 0 Å². The lowest BCUT2D eigenvalue weighted by Crippen LogP contribution is -2.13. The van der Waals surface area contributed by atoms with Crippen LogP contribution < -0.4 is 15.5 Å². The Morgan fingerprint density at radius 1 is 1.15 bits per heavy atom. The van der Waals surface area contributed by atoms with Crippen molar-refractivity contribution in [3.8, 4) is 0 Å². The van der Waals surface area contributed by atoms with Gasteiger partial charge in [-0.1, -0.05) is 0 Å². The van der Waals surface area contributed by atoms with Crippen LogP contribution in [0.2, 0.25) is 0 Å². The van der Waals surface area contributed by atoms with Crippen molar-refractivity contribution >= 4 is 23.1 Å². The number of hydrogen-bond acceptors (Lipinski definition) is 4. The summed E-state index contributed by atoms with van der Waals surface area (Å²) in [7, 11) is 5.72. The lowest BCUT2D eigenvalue weighted by atomic mass is 10.2. The van der Waals surface area contributed by atoms with Crippen molar-refractivity contribution in [3.63, 3.8) is 0 Å². The number of benzene rings is 1. The molecule has 20 heavy (non-hydrogen) atoms. The molecule has 2 aromatic rings. The molecule has 0 unspecified atom stereocenters. The third-order valence-corrected chi connectivity index (χ3v) is 2.92. The van der Waals surface area contributed by atoms with Gasteiger partial charge in [-0.3, -0.25) is 4.79 Å². The number of anilines is 3. The van der Waals surface area contributed by atoms with Crippen LogP contribution in [-0.2, 0) is 0 Å². The lowest BCUT2D eigenvalue weighted by molar-refractivity contribution is 0.102. The number of aromatic nitrogens is 1. The molecule has 5 heteroatoms. The quantitative estimate of drug-likeness (QED) is 0.896. The summed E-state index contributed by atoms with van der Waals surface area (Å²) in [5.74, 6) is 0.516. The Morgan fingerprint density at radius 2 is 1.85 bits per heavy atom. The van der Waals surface area contributed by atoms with Crippen molar-refractivity contribution in [2.75, 3.05) is 36.7 Å². The van der Waals surface area contributed by atoms with Gasteiger partial charge in [-0.25, -0.2) is 4.98 Å². The van der Waals surface area contributed by atoms with Gasteiger partial charge in [-0.15, -0.1) is 0 Å². The normalized spacial score (nSPS) is 9.95. The largest absolute Gasteiger partial charge is 0.378 e. The minimum atomic E-state index is -0.151. The van der Waals surface area contributed by atoms with Crippen molar-refractivity contribution in [3.05, 3.63) is 48.2 Å². The molecule has 1 aromatic carbocycles. The van der Waals surface area contributed by atoms with E-state index < -0.39 is 0 Å². The summed E-state index contributed by atoms with van der Waals surface area (Å²) in [5, 5.41) is 5.77. The van der Waals surface area contributed by atoms with Crippen LogP contribution in [0.1, 0.15) is 10.4 Å². The van der Waals surface area contributed by atoms with Gasteiger partial charge >= 0.3 is 0 Å². The van der Waals surface area contributed by atoms with Gasteiger partial charge in [0.2, 0.25) is 0 Å². The third kappa shape index (κ3) is 3.26. The van der Waals surface area contributed by atoms with Crippen molar-refractivity contribution in [1.29, 1.82) is 0 Å². The number of amides is 1. The smallest absolute Gasteiger partial charge is 0.255 e. The SMILES string of the molecule is CNc1cc(C(=O)Nc2ccc(N(C)C)cc2)ccn1. The van der Waals surface area contributed by atoms with E-state index in [4.69, 9.17) is 0 Å². The number of rotatable bonds is 4. The van der Waals surface area contributed by atoms with E-state index in [9.17, 15) is 4.79 Å². The zero-order valence-corrected chi connectivity index (χ0v) is 11.8. The Morgan fingerprint density at radius 3 is 2.45 bits per heavy atom. The van der Waals surface area contributed by atoms with E-state index in [-0.39, 0.29) is 5.91 Å². The average Bonchev–Trinajstić information content (AvgIpc) is 2.47. The van der Waals surface area contributed by atoms with Crippen LogP contribution in [0.4, 0.5) is 17.2 Å². The second-order valence-electron chi connectivity index (χ2n) is 4.58. The number of carbonyl (C=O) groups excluding carboxylic acids is 1. The summed E-state index contributed by atoms with van der Waals surface area (Å²) in [5.41, 5.74) is 2.42. The molecule has 0 radical (unpaired) electrons. The lowest BCUT2D eigenvalue weighted by Gasteiger charge is -2.13. The highest BCUT2D eigenvalue weighted by molar-refractivity contribution is 6.04. The fraction of sp³-hybridized carbons (Fsp3) is 0.200. The zero-order valence-electron chi connectivity index (χ0n) is 11.8. The maximum Gasteiger partial charge on any atom is 0.255 e. The molecular formula is C15H18N4O. The molecule has 0 fully saturated rings. The third-order valence-electron chi connectivity index (χ3n) is 2.92. The second-order valence-corrected chi connectivity index (χ2v) is 4.58. The highest BCUT2D eigenvalue weighted by atomic mass is 16.1. The number of hydrogen-bond donors (Lipinski definition) is 2. The summed E-state index contributed by atoms with van der Waals surface area (Å²) in [6, 6.07) is 11.1. The van der Waals surface area contributed by atoms with Gasteiger partial charge in [0.05, 0.1) is 0 Å². The van der Waals surface area contributed by atoms with E-state index in [1.54, 1.807) is 25.4 Å². The van der Waals surface area contributed by atoms with Crippen molar-refractivity contribution < 1.29 is 4.79 Å². The van der Waals surface area contributed by atoms with E-state index in [0.717, 1.165) is 11.4 Å². The van der Waals surface area contributed by atoms with Gasteiger partial charge in [0, 0.05) is 44.3 Å². The first-order valence-electron chi connectivity index (χ1n) is 6.32. The highest BCUT2D eigenvalue weighted by Gasteiger charge is 2.07. The van der Waals surface area contributed by atoms with E-state index in [0.29, 0.717) is 11.4 Å². The molecule has 0 spiro atoms. The Balaban J connectivity index is 2.10. The van der Waals surface area contributed by atoms with Crippen LogP contribution in [0, 0.1) is 0 Å². The number of nitrogens with zero attached hydrogens (tertiary/aromatic N) is 2. The minimum absolute atomic E-state index is 0.151. The van der Waals surface area contributed by atoms with Crippen LogP contribution in [0.25, 0.3) is 0 Å². The van der Waals surface area contributed by atoms with Crippen molar-refractivity contribution in [2.24, 2.45) is 0 Å². The molecule has 1 aromatic heterocycles. The number of nitrogens with one attached hydrogen (secondary N) is 2. The molecular weight excluding hydrogens is 252 g/mol. The fourth-order valence-corrected chi connectivity index (χ4v) is 1.75. The van der Waals surface area contributed by atoms with Gasteiger partial charge in [0.1, 0.15) is 5.82 Å². The minimum Gasteiger partial charge on any atom is -0.378 e. The average molecular weight is 270 g/mol. The van der Waals surface area contributed by atoms with Crippen LogP contribution >= 0.6 is 0 Å². The number of pyridine rings is 1. The standard InChI is InChI=1S/C15H18N4O/c1-16-14-10-11(8-9-17-14)15(20)18-12-4-6-13(7-5-12)19(2)3/h4-10H,1-3H3,(H,16,17)(H,18,20). The zero-order chi connectivity index (χ0) is 14.5. The monoisotopic (exact) mass is 270 g/mol. The summed E-state index contributed by atoms with van der Waals surface area (Å²) >= 11 is 0. The van der Waals surface area contributed by atoms with Crippen molar-refractivity contribution in [2.45, 2.75) is 0 Å². The Bertz CT molecular complexity index is 593. The van der Waals surface area contributed by atoms with Gasteiger partial charge in [-0.05, 0) is 36.4 Å². The maximum absolute atomic E-state index is 12.1. The molecule has 0 saturated carbocycles. The Hall–Kier alpha value is -2.56. The van der Waals surface area contributed by atoms with E-state index in [1.807, 2.05) is 43.3 Å². The second kappa shape index (κ2) is 6.06. The molecule has 1 amide bonds. The first-order chi connectivity index (χ1) is 9.60. The van der Waals surface area contributed by atoms with Crippen LogP contribution in [-0.4, -0.2) is 32.0 Å². The molecule has 1 heterocycles. The predicted octanol–water partition coefficient (Wildman–Crippen LogP) is 2.44. The molecule has 0 atom stereocenters. The molecule has 0 bridgehead atoms. The first kappa shape index (κ1) is 13.9. The van der Waals surface area contributed by atoms with Gasteiger partial charge in [-0.2, -0.15) is 0 Å². The van der Waals surface area contributed by atoms with Crippen LogP contribution in [0.15, 0.2) is 42.6 Å². The molecule has 5 nitrogen and oxygen atoms in total. The molecule has 0 saturated heterocycles. The molecule has 104 valence electrons. The van der Waals surface area contributed by atoms with E-state index in [2.05, 4.69) is 15.6 Å². The fourth-order valence-electron chi connectivity index (χ4n) is 1.75. The highest BCUT2D eigenvalue weighted by Crippen LogP contribution is 2.16. The van der Waals surface area contributed by atoms with E-state index in [1.165, 1.54) is 0 Å². The van der Waals surface area contributed by atoms with Crippen molar-refractivity contribution in [1.82, 2.24) is 4.98 Å². The number of carbonyl (C=O) groups is 1. The topological polar surface area (TPSA) is 57.3 Å². The Labute approximate surface area is 118 Å². The first-order valence-corrected chi connectivity index (χ1v) is 6.32. The Kier molecular flexibility index (Phi) is 4.20. The van der Waals surface area contributed by atoms with Gasteiger partial charge in [0.25, 0.3) is 5.91 Å². The van der Waals surface area contributed by atoms with Gasteiger partial charge < -0.3 is 15.5 Å². The van der Waals surface area contributed by atoms with Crippen LogP contribution in [0.3, 0.4) is 0 Å². The van der Waals surface area contributed by atoms with Gasteiger partial charge in [0.15, 0.2) is 0 Å². The predicted molar refractivity (Wildman–Crippen MR) is 82.5 cm³/mol. The summed E-state index contributed by atoms with van der Waals surface area (Å²) < 4.78 is 0. The summed E-state index contributed by atoms with van der Waals surface area (Å²) in [6.45, 7) is 0. The summed E-state index contributed by atoms with van der Waals surface area (Å²) in [4.78, 5) is 18.2. The summed E-state index contributed by atoms with van der Waals surface area (Å²) in [6.07, 6.45) is 1.61. The molecule has 0 aliphatic carbocycles.